The number of carbonyl (C=O) groups excluding carboxylic acids is 1. The first-order valence-electron chi connectivity index (χ1n) is 9.41. The van der Waals surface area contributed by atoms with Gasteiger partial charge >= 0.3 is 0 Å². The minimum atomic E-state index is -3.73. The fourth-order valence-corrected chi connectivity index (χ4v) is 4.46. The van der Waals surface area contributed by atoms with Gasteiger partial charge in [0.05, 0.1) is 27.2 Å². The van der Waals surface area contributed by atoms with Crippen LogP contribution in [-0.2, 0) is 10.0 Å². The molecule has 3 rings (SSSR count). The maximum absolute atomic E-state index is 12.8. The van der Waals surface area contributed by atoms with Gasteiger partial charge < -0.3 is 5.32 Å². The Hall–Kier alpha value is -2.83. The van der Waals surface area contributed by atoms with E-state index in [1.165, 1.54) is 31.3 Å². The van der Waals surface area contributed by atoms with E-state index in [1.54, 1.807) is 24.3 Å². The molecule has 0 spiro atoms. The van der Waals surface area contributed by atoms with Crippen LogP contribution in [0.25, 0.3) is 0 Å². The van der Waals surface area contributed by atoms with E-state index < -0.39 is 10.0 Å². The van der Waals surface area contributed by atoms with Gasteiger partial charge in [-0.15, -0.1) is 0 Å². The van der Waals surface area contributed by atoms with Crippen molar-refractivity contribution >= 4 is 33.2 Å². The average molecular weight is 443 g/mol. The fourth-order valence-electron chi connectivity index (χ4n) is 2.99. The Morgan fingerprint density at radius 1 is 1.00 bits per heavy atom. The molecule has 3 aromatic carbocycles. The first-order valence-corrected chi connectivity index (χ1v) is 11.2. The van der Waals surface area contributed by atoms with Crippen LogP contribution in [0.4, 0.5) is 5.69 Å². The summed E-state index contributed by atoms with van der Waals surface area (Å²) in [4.78, 5) is 12.9. The smallest absolute Gasteiger partial charge is 0.264 e. The summed E-state index contributed by atoms with van der Waals surface area (Å²) in [6.07, 6.45) is 0. The molecule has 0 bridgehead atoms. The fraction of sp³-hybridized carbons (Fsp3) is 0.174. The number of hydrogen-bond acceptors (Lipinski definition) is 3. The number of aryl methyl sites for hydroxylation is 1. The van der Waals surface area contributed by atoms with Gasteiger partial charge in [-0.25, -0.2) is 8.42 Å². The molecule has 156 valence electrons. The lowest BCUT2D eigenvalue weighted by Gasteiger charge is -2.21. The first kappa shape index (κ1) is 21.9. The van der Waals surface area contributed by atoms with Crippen LogP contribution in [0.1, 0.15) is 34.5 Å². The van der Waals surface area contributed by atoms with Crippen LogP contribution in [0.2, 0.25) is 5.02 Å². The highest BCUT2D eigenvalue weighted by Crippen LogP contribution is 2.27. The Kier molecular flexibility index (Phi) is 6.48. The highest BCUT2D eigenvalue weighted by atomic mass is 35.5. The lowest BCUT2D eigenvalue weighted by molar-refractivity contribution is 0.0940. The summed E-state index contributed by atoms with van der Waals surface area (Å²) in [6, 6.07) is 20.4. The summed E-state index contributed by atoms with van der Waals surface area (Å²) in [5.74, 6) is -0.326. The molecule has 1 amide bonds. The van der Waals surface area contributed by atoms with E-state index >= 15 is 0 Å². The van der Waals surface area contributed by atoms with Gasteiger partial charge in [0.15, 0.2) is 0 Å². The maximum atomic E-state index is 12.8. The van der Waals surface area contributed by atoms with Crippen LogP contribution in [-0.4, -0.2) is 21.4 Å². The van der Waals surface area contributed by atoms with Crippen molar-refractivity contribution in [3.05, 3.63) is 94.5 Å². The molecule has 0 aromatic heterocycles. The van der Waals surface area contributed by atoms with Crippen molar-refractivity contribution in [2.75, 3.05) is 11.4 Å². The molecule has 1 N–H and O–H groups in total. The number of sulfonamides is 1. The van der Waals surface area contributed by atoms with Crippen LogP contribution in [0.15, 0.2) is 77.7 Å². The largest absolute Gasteiger partial charge is 0.345 e. The molecule has 3 aromatic rings. The number of hydrogen-bond donors (Lipinski definition) is 1. The van der Waals surface area contributed by atoms with E-state index in [2.05, 4.69) is 5.32 Å². The second-order valence-electron chi connectivity index (χ2n) is 7.06. The van der Waals surface area contributed by atoms with Gasteiger partial charge in [-0.3, -0.25) is 9.10 Å². The second kappa shape index (κ2) is 8.90. The van der Waals surface area contributed by atoms with Crippen LogP contribution in [0.5, 0.6) is 0 Å². The van der Waals surface area contributed by atoms with E-state index in [1.807, 2.05) is 38.1 Å². The number of amides is 1. The highest BCUT2D eigenvalue weighted by molar-refractivity contribution is 7.92. The van der Waals surface area contributed by atoms with Gasteiger partial charge in [-0.2, -0.15) is 0 Å². The van der Waals surface area contributed by atoms with Crippen LogP contribution < -0.4 is 9.62 Å². The molecule has 0 saturated carbocycles. The average Bonchev–Trinajstić information content (AvgIpc) is 2.74. The molecule has 0 fully saturated rings. The Balaban J connectivity index is 1.79. The predicted molar refractivity (Wildman–Crippen MR) is 121 cm³/mol. The Labute approximate surface area is 182 Å². The van der Waals surface area contributed by atoms with Crippen molar-refractivity contribution < 1.29 is 13.2 Å². The molecule has 0 saturated heterocycles. The molecular weight excluding hydrogens is 420 g/mol. The van der Waals surface area contributed by atoms with Gasteiger partial charge in [0, 0.05) is 7.05 Å². The third-order valence-electron chi connectivity index (χ3n) is 4.89. The van der Waals surface area contributed by atoms with Crippen molar-refractivity contribution in [3.63, 3.8) is 0 Å². The molecule has 7 heteroatoms. The number of anilines is 1. The predicted octanol–water partition coefficient (Wildman–Crippen LogP) is 4.96. The molecule has 0 radical (unpaired) electrons. The zero-order chi connectivity index (χ0) is 21.9. The van der Waals surface area contributed by atoms with Gasteiger partial charge in [0.2, 0.25) is 0 Å². The second-order valence-corrected chi connectivity index (χ2v) is 9.43. The third kappa shape index (κ3) is 4.66. The summed E-state index contributed by atoms with van der Waals surface area (Å²) >= 11 is 6.33. The van der Waals surface area contributed by atoms with Gasteiger partial charge in [0.25, 0.3) is 15.9 Å². The zero-order valence-corrected chi connectivity index (χ0v) is 18.5. The topological polar surface area (TPSA) is 66.5 Å². The van der Waals surface area contributed by atoms with Crippen LogP contribution in [0.3, 0.4) is 0 Å². The number of nitrogens with zero attached hydrogens (tertiary/aromatic N) is 1. The normalized spacial score (nSPS) is 12.3. The van der Waals surface area contributed by atoms with E-state index in [0.29, 0.717) is 5.69 Å². The lowest BCUT2D eigenvalue weighted by atomic mass is 10.1. The van der Waals surface area contributed by atoms with Crippen molar-refractivity contribution in [3.8, 4) is 0 Å². The monoisotopic (exact) mass is 442 g/mol. The SMILES string of the molecule is Cc1ccc([C@@H](C)NC(=O)c2ccc(N(C)S(=O)(=O)c3ccccc3)cc2Cl)cc1. The highest BCUT2D eigenvalue weighted by Gasteiger charge is 2.22. The molecule has 0 heterocycles. The number of halogens is 1. The van der Waals surface area contributed by atoms with E-state index in [-0.39, 0.29) is 27.4 Å². The first-order chi connectivity index (χ1) is 14.2. The minimum Gasteiger partial charge on any atom is -0.345 e. The summed E-state index contributed by atoms with van der Waals surface area (Å²) in [6.45, 7) is 3.90. The summed E-state index contributed by atoms with van der Waals surface area (Å²) in [7, 11) is -2.27. The molecule has 5 nitrogen and oxygen atoms in total. The van der Waals surface area contributed by atoms with Crippen LogP contribution >= 0.6 is 11.6 Å². The van der Waals surface area contributed by atoms with Gasteiger partial charge in [-0.05, 0) is 49.7 Å². The Morgan fingerprint density at radius 3 is 2.23 bits per heavy atom. The molecule has 0 aliphatic heterocycles. The summed E-state index contributed by atoms with van der Waals surface area (Å²) in [5.41, 5.74) is 2.78. The minimum absolute atomic E-state index is 0.177. The Bertz CT molecular complexity index is 1150. The third-order valence-corrected chi connectivity index (χ3v) is 7.00. The van der Waals surface area contributed by atoms with Gasteiger partial charge in [-0.1, -0.05) is 59.6 Å². The standard InChI is InChI=1S/C23H23ClN2O3S/c1-16-9-11-18(12-10-16)17(2)25-23(27)21-14-13-19(15-22(21)24)26(3)30(28,29)20-7-5-4-6-8-20/h4-15,17H,1-3H3,(H,25,27)/t17-/m1/s1. The number of nitrogens with one attached hydrogen (secondary N) is 1. The summed E-state index contributed by atoms with van der Waals surface area (Å²) < 4.78 is 26.7. The maximum Gasteiger partial charge on any atom is 0.264 e. The molecule has 0 aliphatic rings. The zero-order valence-electron chi connectivity index (χ0n) is 17.0. The quantitative estimate of drug-likeness (QED) is 0.586. The summed E-state index contributed by atoms with van der Waals surface area (Å²) in [5, 5.41) is 3.10. The van der Waals surface area contributed by atoms with E-state index in [4.69, 9.17) is 11.6 Å². The molecule has 0 unspecified atom stereocenters. The van der Waals surface area contributed by atoms with Crippen LogP contribution in [0, 0.1) is 6.92 Å². The van der Waals surface area contributed by atoms with E-state index in [9.17, 15) is 13.2 Å². The number of rotatable bonds is 6. The van der Waals surface area contributed by atoms with Crippen molar-refractivity contribution in [1.29, 1.82) is 0 Å². The van der Waals surface area contributed by atoms with Crippen molar-refractivity contribution in [2.24, 2.45) is 0 Å². The Morgan fingerprint density at radius 2 is 1.63 bits per heavy atom. The molecule has 1 atom stereocenters. The van der Waals surface area contributed by atoms with Crippen molar-refractivity contribution in [1.82, 2.24) is 5.32 Å². The van der Waals surface area contributed by atoms with Gasteiger partial charge in [0.1, 0.15) is 0 Å². The molecular formula is C23H23ClN2O3S. The molecule has 0 aliphatic carbocycles. The van der Waals surface area contributed by atoms with Crippen molar-refractivity contribution in [2.45, 2.75) is 24.8 Å². The van der Waals surface area contributed by atoms with E-state index in [0.717, 1.165) is 15.4 Å². The molecule has 30 heavy (non-hydrogen) atoms. The number of benzene rings is 3. The number of carbonyl (C=O) groups is 1. The lowest BCUT2D eigenvalue weighted by Crippen LogP contribution is -2.28.